The normalized spacial score (nSPS) is 15.0. The van der Waals surface area contributed by atoms with Crippen LogP contribution in [0.1, 0.15) is 23.8 Å². The number of aromatic nitrogens is 2. The molecule has 2 aromatic carbocycles. The van der Waals surface area contributed by atoms with E-state index in [1.807, 2.05) is 0 Å². The van der Waals surface area contributed by atoms with Gasteiger partial charge in [-0.1, -0.05) is 15.9 Å². The number of benzene rings is 2. The first-order valence-electron chi connectivity index (χ1n) is 12.0. The molecule has 2 aromatic heterocycles. The van der Waals surface area contributed by atoms with Crippen LogP contribution in [-0.4, -0.2) is 47.8 Å². The minimum atomic E-state index is -0.680. The predicted octanol–water partition coefficient (Wildman–Crippen LogP) is 4.39. The van der Waals surface area contributed by atoms with Crippen molar-refractivity contribution >= 4 is 66.5 Å². The maximum Gasteiger partial charge on any atom is 0.359 e. The summed E-state index contributed by atoms with van der Waals surface area (Å²) in [6, 6.07) is 13.9. The van der Waals surface area contributed by atoms with Gasteiger partial charge in [0.05, 0.1) is 30.7 Å². The zero-order valence-corrected chi connectivity index (χ0v) is 23.4. The molecule has 10 nitrogen and oxygen atoms in total. The molecule has 0 bridgehead atoms. The smallest absolute Gasteiger partial charge is 0.359 e. The van der Waals surface area contributed by atoms with Gasteiger partial charge in [0.15, 0.2) is 5.69 Å². The first-order chi connectivity index (χ1) is 18.8. The molecule has 1 N–H and O–H groups in total. The summed E-state index contributed by atoms with van der Waals surface area (Å²) in [4.78, 5) is 53.9. The topological polar surface area (TPSA) is 120 Å². The van der Waals surface area contributed by atoms with Gasteiger partial charge in [-0.3, -0.25) is 14.4 Å². The zero-order chi connectivity index (χ0) is 27.7. The summed E-state index contributed by atoms with van der Waals surface area (Å²) in [5, 5.41) is 9.43. The highest BCUT2D eigenvalue weighted by Gasteiger charge is 2.36. The summed E-state index contributed by atoms with van der Waals surface area (Å²) in [7, 11) is 1.56. The van der Waals surface area contributed by atoms with Crippen molar-refractivity contribution in [2.75, 3.05) is 30.5 Å². The fraction of sp³-hybridized carbons (Fsp3) is 0.222. The molecule has 2 amide bonds. The van der Waals surface area contributed by atoms with E-state index in [1.54, 1.807) is 72.8 Å². The molecule has 1 fully saturated rings. The number of carbonyl (C=O) groups excluding carboxylic acids is 3. The Balaban J connectivity index is 1.48. The Morgan fingerprint density at radius 2 is 1.79 bits per heavy atom. The third-order valence-corrected chi connectivity index (χ3v) is 7.73. The first-order valence-corrected chi connectivity index (χ1v) is 13.7. The van der Waals surface area contributed by atoms with Gasteiger partial charge in [-0.25, -0.2) is 4.79 Å². The van der Waals surface area contributed by atoms with Crippen molar-refractivity contribution in [3.05, 3.63) is 74.4 Å². The number of methoxy groups -OCH3 is 1. The Kier molecular flexibility index (Phi) is 7.49. The Morgan fingerprint density at radius 3 is 2.46 bits per heavy atom. The third kappa shape index (κ3) is 5.17. The van der Waals surface area contributed by atoms with Crippen molar-refractivity contribution in [2.45, 2.75) is 13.3 Å². The van der Waals surface area contributed by atoms with Crippen molar-refractivity contribution < 1.29 is 23.9 Å². The van der Waals surface area contributed by atoms with Crippen LogP contribution in [0.2, 0.25) is 0 Å². The van der Waals surface area contributed by atoms with Crippen molar-refractivity contribution in [1.82, 2.24) is 9.78 Å². The van der Waals surface area contributed by atoms with Gasteiger partial charge in [-0.15, -0.1) is 11.3 Å². The molecule has 12 heteroatoms. The van der Waals surface area contributed by atoms with Crippen LogP contribution in [0.4, 0.5) is 10.7 Å². The minimum Gasteiger partial charge on any atom is -0.497 e. The van der Waals surface area contributed by atoms with E-state index in [1.165, 1.54) is 0 Å². The number of nitrogens with one attached hydrogen (secondary N) is 1. The molecule has 0 radical (unpaired) electrons. The summed E-state index contributed by atoms with van der Waals surface area (Å²) < 4.78 is 12.3. The van der Waals surface area contributed by atoms with E-state index in [0.29, 0.717) is 17.1 Å². The molecule has 39 heavy (non-hydrogen) atoms. The van der Waals surface area contributed by atoms with Crippen molar-refractivity contribution in [2.24, 2.45) is 5.92 Å². The Morgan fingerprint density at radius 1 is 1.10 bits per heavy atom. The molecule has 1 saturated heterocycles. The Bertz CT molecular complexity index is 1630. The lowest BCUT2D eigenvalue weighted by Crippen LogP contribution is -2.29. The quantitative estimate of drug-likeness (QED) is 0.308. The number of amides is 2. The maximum absolute atomic E-state index is 13.6. The minimum absolute atomic E-state index is 0.0277. The van der Waals surface area contributed by atoms with Gasteiger partial charge in [0.1, 0.15) is 10.8 Å². The summed E-state index contributed by atoms with van der Waals surface area (Å²) in [5.41, 5.74) is 0.572. The molecule has 0 aliphatic carbocycles. The summed E-state index contributed by atoms with van der Waals surface area (Å²) in [5.74, 6) is -1.22. The number of ether oxygens (including phenoxy) is 2. The van der Waals surface area contributed by atoms with Crippen LogP contribution in [0.25, 0.3) is 16.5 Å². The van der Waals surface area contributed by atoms with E-state index in [-0.39, 0.29) is 46.9 Å². The SMILES string of the molecule is CCOC(=O)c1nn(-c2ccc(Br)cc2)c(=O)c2c(NC(=O)C3CC(=O)N(c4ccc(OC)cc4)C3)scc12. The largest absolute Gasteiger partial charge is 0.497 e. The van der Waals surface area contributed by atoms with Gasteiger partial charge in [0, 0.05) is 33.9 Å². The summed E-state index contributed by atoms with van der Waals surface area (Å²) >= 11 is 4.48. The molecular formula is C27H23BrN4O6S. The Labute approximate surface area is 235 Å². The molecule has 0 spiro atoms. The van der Waals surface area contributed by atoms with E-state index in [9.17, 15) is 19.2 Å². The summed E-state index contributed by atoms with van der Waals surface area (Å²) in [6.45, 7) is 2.00. The monoisotopic (exact) mass is 610 g/mol. The van der Waals surface area contributed by atoms with Gasteiger partial charge >= 0.3 is 5.97 Å². The summed E-state index contributed by atoms with van der Waals surface area (Å²) in [6.07, 6.45) is 0.0277. The second-order valence-electron chi connectivity index (χ2n) is 8.71. The second-order valence-corrected chi connectivity index (χ2v) is 10.5. The van der Waals surface area contributed by atoms with E-state index in [2.05, 4.69) is 26.3 Å². The highest BCUT2D eigenvalue weighted by Crippen LogP contribution is 2.33. The number of esters is 1. The van der Waals surface area contributed by atoms with Crippen LogP contribution < -0.4 is 20.5 Å². The van der Waals surface area contributed by atoms with Gasteiger partial charge in [0.2, 0.25) is 11.8 Å². The average molecular weight is 611 g/mol. The number of rotatable bonds is 7. The number of carbonyl (C=O) groups is 3. The average Bonchev–Trinajstić information content (AvgIpc) is 3.54. The molecule has 3 heterocycles. The van der Waals surface area contributed by atoms with Crippen LogP contribution in [0.15, 0.2) is 63.2 Å². The molecule has 5 rings (SSSR count). The molecule has 200 valence electrons. The standard InChI is InChI=1S/C27H23BrN4O6S/c1-3-38-27(36)23-20-14-39-25(22(20)26(35)32(30-23)18-6-4-16(28)5-7-18)29-24(34)15-12-21(33)31(13-15)17-8-10-19(37-2)11-9-17/h4-11,14-15H,3,12-13H2,1-2H3,(H,29,34). The molecule has 0 saturated carbocycles. The van der Waals surface area contributed by atoms with Gasteiger partial charge in [-0.2, -0.15) is 9.78 Å². The molecule has 1 aliphatic rings. The number of anilines is 2. The van der Waals surface area contributed by atoms with E-state index >= 15 is 0 Å². The van der Waals surface area contributed by atoms with Gasteiger partial charge < -0.3 is 19.7 Å². The van der Waals surface area contributed by atoms with Gasteiger partial charge in [-0.05, 0) is 55.5 Å². The fourth-order valence-electron chi connectivity index (χ4n) is 4.36. The van der Waals surface area contributed by atoms with E-state index in [4.69, 9.17) is 9.47 Å². The highest BCUT2D eigenvalue weighted by atomic mass is 79.9. The van der Waals surface area contributed by atoms with Crippen LogP contribution >= 0.6 is 27.3 Å². The second kappa shape index (κ2) is 11.0. The van der Waals surface area contributed by atoms with Crippen molar-refractivity contribution in [3.63, 3.8) is 0 Å². The first kappa shape index (κ1) is 26.6. The number of hydrogen-bond acceptors (Lipinski definition) is 8. The predicted molar refractivity (Wildman–Crippen MR) is 151 cm³/mol. The van der Waals surface area contributed by atoms with E-state index in [0.717, 1.165) is 20.5 Å². The van der Waals surface area contributed by atoms with Crippen molar-refractivity contribution in [3.8, 4) is 11.4 Å². The molecule has 4 aromatic rings. The lowest BCUT2D eigenvalue weighted by molar-refractivity contribution is -0.122. The molecule has 1 aliphatic heterocycles. The number of halogens is 1. The number of fused-ring (bicyclic) bond motifs is 1. The van der Waals surface area contributed by atoms with Crippen molar-refractivity contribution in [1.29, 1.82) is 0 Å². The van der Waals surface area contributed by atoms with E-state index < -0.39 is 23.4 Å². The molecular weight excluding hydrogens is 588 g/mol. The zero-order valence-electron chi connectivity index (χ0n) is 21.0. The lowest BCUT2D eigenvalue weighted by atomic mass is 10.1. The lowest BCUT2D eigenvalue weighted by Gasteiger charge is -2.17. The maximum atomic E-state index is 13.6. The molecule has 1 atom stereocenters. The Hall–Kier alpha value is -4.03. The fourth-order valence-corrected chi connectivity index (χ4v) is 5.56. The van der Waals surface area contributed by atoms with Crippen LogP contribution in [0.5, 0.6) is 5.75 Å². The molecule has 1 unspecified atom stereocenters. The third-order valence-electron chi connectivity index (χ3n) is 6.31. The number of thiophene rings is 1. The number of hydrogen-bond donors (Lipinski definition) is 1. The van der Waals surface area contributed by atoms with Gasteiger partial charge in [0.25, 0.3) is 5.56 Å². The van der Waals surface area contributed by atoms with Crippen LogP contribution in [-0.2, 0) is 14.3 Å². The number of nitrogens with zero attached hydrogens (tertiary/aromatic N) is 3. The van der Waals surface area contributed by atoms with Crippen LogP contribution in [0.3, 0.4) is 0 Å². The highest BCUT2D eigenvalue weighted by molar-refractivity contribution is 9.10. The van der Waals surface area contributed by atoms with Crippen LogP contribution in [0, 0.1) is 5.92 Å².